The molecule has 0 radical (unpaired) electrons. The number of pyridine rings is 1. The van der Waals surface area contributed by atoms with Crippen LogP contribution in [0.15, 0.2) is 54.6 Å². The Labute approximate surface area is 191 Å². The number of fused-ring (bicyclic) bond motifs is 2. The number of halogens is 2. The molecule has 5 nitrogen and oxygen atoms in total. The van der Waals surface area contributed by atoms with Crippen molar-refractivity contribution < 1.29 is 13.9 Å². The van der Waals surface area contributed by atoms with Crippen LogP contribution >= 0.6 is 11.6 Å². The molecule has 0 aliphatic rings. The molecule has 1 aromatic heterocycles. The van der Waals surface area contributed by atoms with Crippen LogP contribution in [-0.2, 0) is 6.54 Å². The number of nitrogens with zero attached hydrogens (tertiary/aromatic N) is 1. The second-order valence-electron chi connectivity index (χ2n) is 7.41. The van der Waals surface area contributed by atoms with Crippen molar-refractivity contribution in [3.8, 4) is 11.5 Å². The van der Waals surface area contributed by atoms with Crippen molar-refractivity contribution in [1.29, 1.82) is 0 Å². The summed E-state index contributed by atoms with van der Waals surface area (Å²) in [5, 5.41) is 9.49. The number of rotatable bonds is 9. The molecule has 0 fully saturated rings. The number of benzene rings is 3. The number of anilines is 1. The van der Waals surface area contributed by atoms with Crippen LogP contribution in [0, 0.1) is 5.82 Å². The van der Waals surface area contributed by atoms with Crippen molar-refractivity contribution >= 4 is 39.1 Å². The summed E-state index contributed by atoms with van der Waals surface area (Å²) in [7, 11) is 3.20. The molecule has 2 N–H and O–H groups in total. The van der Waals surface area contributed by atoms with E-state index in [2.05, 4.69) is 10.6 Å². The van der Waals surface area contributed by atoms with Gasteiger partial charge in [-0.25, -0.2) is 9.37 Å². The van der Waals surface area contributed by atoms with Crippen LogP contribution < -0.4 is 20.1 Å². The highest BCUT2D eigenvalue weighted by atomic mass is 35.5. The van der Waals surface area contributed by atoms with Crippen molar-refractivity contribution in [3.63, 3.8) is 0 Å². The molecule has 4 aromatic rings. The van der Waals surface area contributed by atoms with Crippen molar-refractivity contribution in [2.45, 2.75) is 13.0 Å². The van der Waals surface area contributed by atoms with Gasteiger partial charge in [0.15, 0.2) is 0 Å². The molecule has 0 aliphatic heterocycles. The molecule has 4 rings (SSSR count). The van der Waals surface area contributed by atoms with Gasteiger partial charge in [-0.15, -0.1) is 0 Å². The summed E-state index contributed by atoms with van der Waals surface area (Å²) in [5.41, 5.74) is 3.24. The molecule has 0 saturated carbocycles. The lowest BCUT2D eigenvalue weighted by atomic mass is 10.1. The van der Waals surface area contributed by atoms with Crippen LogP contribution in [0.4, 0.5) is 10.1 Å². The number of methoxy groups -OCH3 is 2. The van der Waals surface area contributed by atoms with Crippen LogP contribution in [0.1, 0.15) is 12.0 Å². The van der Waals surface area contributed by atoms with Gasteiger partial charge in [-0.3, -0.25) is 0 Å². The lowest BCUT2D eigenvalue weighted by Gasteiger charge is -2.15. The minimum atomic E-state index is -0.266. The van der Waals surface area contributed by atoms with E-state index in [-0.39, 0.29) is 5.82 Å². The van der Waals surface area contributed by atoms with Gasteiger partial charge in [0.2, 0.25) is 0 Å². The van der Waals surface area contributed by atoms with E-state index in [1.807, 2.05) is 36.4 Å². The summed E-state index contributed by atoms with van der Waals surface area (Å²) >= 11 is 6.19. The van der Waals surface area contributed by atoms with Crippen LogP contribution in [0.25, 0.3) is 21.8 Å². The SMILES string of the molecule is COc1ccc2nc3cc(Cl)ccc3c(NCCCNCc3c(F)cccc3OC)c2c1. The van der Waals surface area contributed by atoms with Gasteiger partial charge in [0.05, 0.1) is 30.9 Å². The molecule has 166 valence electrons. The van der Waals surface area contributed by atoms with E-state index < -0.39 is 0 Å². The summed E-state index contributed by atoms with van der Waals surface area (Å²) in [5.74, 6) is 1.06. The van der Waals surface area contributed by atoms with E-state index in [0.717, 1.165) is 52.8 Å². The molecule has 0 amide bonds. The molecule has 0 saturated heterocycles. The third kappa shape index (κ3) is 4.71. The molecular weight excluding hydrogens is 429 g/mol. The normalized spacial score (nSPS) is 11.1. The van der Waals surface area contributed by atoms with Crippen LogP contribution in [-0.4, -0.2) is 32.3 Å². The topological polar surface area (TPSA) is 55.4 Å². The first-order valence-corrected chi connectivity index (χ1v) is 10.8. The molecule has 0 bridgehead atoms. The Balaban J connectivity index is 1.46. The monoisotopic (exact) mass is 453 g/mol. The first-order valence-electron chi connectivity index (χ1n) is 10.4. The fraction of sp³-hybridized carbons (Fsp3) is 0.240. The fourth-order valence-electron chi connectivity index (χ4n) is 3.76. The number of ether oxygens (including phenoxy) is 2. The van der Waals surface area contributed by atoms with Gasteiger partial charge in [0.25, 0.3) is 0 Å². The molecule has 0 aliphatic carbocycles. The van der Waals surface area contributed by atoms with Gasteiger partial charge in [-0.1, -0.05) is 17.7 Å². The molecular formula is C25H25ClFN3O2. The fourth-order valence-corrected chi connectivity index (χ4v) is 3.92. The molecule has 0 spiro atoms. The first kappa shape index (κ1) is 22.1. The smallest absolute Gasteiger partial charge is 0.131 e. The number of hydrogen-bond donors (Lipinski definition) is 2. The molecule has 7 heteroatoms. The van der Waals surface area contributed by atoms with Gasteiger partial charge in [-0.05, 0) is 61.5 Å². The van der Waals surface area contributed by atoms with E-state index in [9.17, 15) is 4.39 Å². The third-order valence-electron chi connectivity index (χ3n) is 5.37. The summed E-state index contributed by atoms with van der Waals surface area (Å²) in [6.45, 7) is 1.86. The zero-order chi connectivity index (χ0) is 22.5. The summed E-state index contributed by atoms with van der Waals surface area (Å²) < 4.78 is 24.7. The lowest BCUT2D eigenvalue weighted by Crippen LogP contribution is -2.19. The quantitative estimate of drug-likeness (QED) is 0.248. The third-order valence-corrected chi connectivity index (χ3v) is 5.61. The maximum atomic E-state index is 14.1. The Hall–Kier alpha value is -3.09. The van der Waals surface area contributed by atoms with Crippen LogP contribution in [0.2, 0.25) is 5.02 Å². The minimum absolute atomic E-state index is 0.266. The average Bonchev–Trinajstić information content (AvgIpc) is 2.80. The van der Waals surface area contributed by atoms with E-state index in [1.165, 1.54) is 6.07 Å². The molecule has 1 heterocycles. The van der Waals surface area contributed by atoms with Crippen LogP contribution in [0.3, 0.4) is 0 Å². The maximum Gasteiger partial charge on any atom is 0.131 e. The number of hydrogen-bond acceptors (Lipinski definition) is 5. The number of aromatic nitrogens is 1. The van der Waals surface area contributed by atoms with Gasteiger partial charge in [0, 0.05) is 34.4 Å². The van der Waals surface area contributed by atoms with Gasteiger partial charge in [0.1, 0.15) is 17.3 Å². The Bertz CT molecular complexity index is 1250. The molecule has 3 aromatic carbocycles. The predicted octanol–water partition coefficient (Wildman–Crippen LogP) is 5.79. The van der Waals surface area contributed by atoms with Crippen molar-refractivity contribution in [2.75, 3.05) is 32.6 Å². The van der Waals surface area contributed by atoms with Gasteiger partial charge < -0.3 is 20.1 Å². The molecule has 0 atom stereocenters. The highest BCUT2D eigenvalue weighted by Gasteiger charge is 2.11. The summed E-state index contributed by atoms with van der Waals surface area (Å²) in [4.78, 5) is 4.75. The second-order valence-corrected chi connectivity index (χ2v) is 7.85. The highest BCUT2D eigenvalue weighted by Crippen LogP contribution is 2.34. The Morgan fingerprint density at radius 1 is 0.938 bits per heavy atom. The maximum absolute atomic E-state index is 14.1. The van der Waals surface area contributed by atoms with Crippen molar-refractivity contribution in [3.05, 3.63) is 71.0 Å². The van der Waals surface area contributed by atoms with E-state index in [0.29, 0.717) is 22.9 Å². The summed E-state index contributed by atoms with van der Waals surface area (Å²) in [6, 6.07) is 16.4. The standard InChI is InChI=1S/C25H25ClFN3O2/c1-31-17-8-10-22-19(14-17)25(18-9-7-16(26)13-23(18)30-22)29-12-4-11-28-15-20-21(27)5-3-6-24(20)32-2/h3,5-10,13-14,28H,4,11-12,15H2,1-2H3,(H,29,30). The highest BCUT2D eigenvalue weighted by molar-refractivity contribution is 6.31. The lowest BCUT2D eigenvalue weighted by molar-refractivity contribution is 0.402. The van der Waals surface area contributed by atoms with E-state index in [1.54, 1.807) is 26.4 Å². The predicted molar refractivity (Wildman–Crippen MR) is 129 cm³/mol. The van der Waals surface area contributed by atoms with Gasteiger partial charge in [-0.2, -0.15) is 0 Å². The average molecular weight is 454 g/mol. The Morgan fingerprint density at radius 3 is 2.62 bits per heavy atom. The first-order chi connectivity index (χ1) is 15.6. The van der Waals surface area contributed by atoms with Crippen molar-refractivity contribution in [2.24, 2.45) is 0 Å². The zero-order valence-electron chi connectivity index (χ0n) is 18.0. The Morgan fingerprint density at radius 2 is 1.81 bits per heavy atom. The minimum Gasteiger partial charge on any atom is -0.497 e. The molecule has 0 unspecified atom stereocenters. The zero-order valence-corrected chi connectivity index (χ0v) is 18.8. The van der Waals surface area contributed by atoms with Crippen LogP contribution in [0.5, 0.6) is 11.5 Å². The summed E-state index contributed by atoms with van der Waals surface area (Å²) in [6.07, 6.45) is 0.847. The van der Waals surface area contributed by atoms with Crippen molar-refractivity contribution in [1.82, 2.24) is 10.3 Å². The van der Waals surface area contributed by atoms with E-state index >= 15 is 0 Å². The largest absolute Gasteiger partial charge is 0.497 e. The molecule has 32 heavy (non-hydrogen) atoms. The van der Waals surface area contributed by atoms with Gasteiger partial charge >= 0.3 is 0 Å². The number of nitrogens with one attached hydrogen (secondary N) is 2. The Kier molecular flexibility index (Phi) is 6.93. The second kappa shape index (κ2) is 10.0. The van der Waals surface area contributed by atoms with E-state index in [4.69, 9.17) is 26.1 Å².